The minimum absolute atomic E-state index is 0.432. The summed E-state index contributed by atoms with van der Waals surface area (Å²) in [7, 11) is 0. The van der Waals surface area contributed by atoms with E-state index in [0.29, 0.717) is 17.7 Å². The van der Waals surface area contributed by atoms with Gasteiger partial charge in [-0.05, 0) is 73.2 Å². The third kappa shape index (κ3) is 3.02. The van der Waals surface area contributed by atoms with E-state index in [2.05, 4.69) is 47.3 Å². The summed E-state index contributed by atoms with van der Waals surface area (Å²) in [6.45, 7) is 6.75. The van der Waals surface area contributed by atoms with Crippen LogP contribution < -0.4 is 11.1 Å². The van der Waals surface area contributed by atoms with Gasteiger partial charge in [0, 0.05) is 22.7 Å². The Morgan fingerprint density at radius 2 is 1.92 bits per heavy atom. The molecule has 1 fully saturated rings. The Bertz CT molecular complexity index is 888. The lowest BCUT2D eigenvalue weighted by Crippen LogP contribution is -2.26. The molecule has 1 saturated heterocycles. The number of aromatic nitrogens is 2. The zero-order valence-corrected chi connectivity index (χ0v) is 15.0. The van der Waals surface area contributed by atoms with Crippen LogP contribution in [0.4, 0.5) is 5.82 Å². The maximum absolute atomic E-state index is 5.91. The van der Waals surface area contributed by atoms with Crippen molar-refractivity contribution in [1.82, 2.24) is 15.3 Å². The number of hydrogen-bond donors (Lipinski definition) is 3. The van der Waals surface area contributed by atoms with E-state index in [9.17, 15) is 0 Å². The zero-order chi connectivity index (χ0) is 17.4. The maximum Gasteiger partial charge on any atom is 0.123 e. The second kappa shape index (κ2) is 6.52. The number of pyridine rings is 1. The van der Waals surface area contributed by atoms with Crippen LogP contribution >= 0.6 is 0 Å². The first kappa shape index (κ1) is 16.2. The molecule has 4 heteroatoms. The van der Waals surface area contributed by atoms with Gasteiger partial charge in [-0.15, -0.1) is 0 Å². The molecule has 0 bridgehead atoms. The average molecular weight is 334 g/mol. The summed E-state index contributed by atoms with van der Waals surface area (Å²) < 4.78 is 0. The summed E-state index contributed by atoms with van der Waals surface area (Å²) >= 11 is 0. The van der Waals surface area contributed by atoms with Crippen LogP contribution in [0.25, 0.3) is 22.2 Å². The number of nitrogens with zero attached hydrogens (tertiary/aromatic N) is 1. The van der Waals surface area contributed by atoms with Crippen molar-refractivity contribution in [3.05, 3.63) is 47.7 Å². The number of nitrogen functional groups attached to an aromatic ring is 1. The molecule has 3 heterocycles. The van der Waals surface area contributed by atoms with Gasteiger partial charge >= 0.3 is 0 Å². The van der Waals surface area contributed by atoms with Crippen LogP contribution in [0.15, 0.2) is 36.5 Å². The van der Waals surface area contributed by atoms with Crippen LogP contribution in [0.2, 0.25) is 0 Å². The topological polar surface area (TPSA) is 66.7 Å². The number of aromatic amines is 1. The smallest absolute Gasteiger partial charge is 0.123 e. The molecule has 4 rings (SSSR count). The lowest BCUT2D eigenvalue weighted by atomic mass is 9.88. The van der Waals surface area contributed by atoms with Crippen molar-refractivity contribution in [2.75, 3.05) is 18.8 Å². The fourth-order valence-corrected chi connectivity index (χ4v) is 4.07. The van der Waals surface area contributed by atoms with Crippen molar-refractivity contribution in [3.63, 3.8) is 0 Å². The molecule has 2 aromatic heterocycles. The highest BCUT2D eigenvalue weighted by atomic mass is 14.9. The molecule has 0 atom stereocenters. The second-order valence-electron chi connectivity index (χ2n) is 7.37. The molecule has 0 spiro atoms. The molecule has 0 aliphatic carbocycles. The number of nitrogens with one attached hydrogen (secondary N) is 2. The van der Waals surface area contributed by atoms with Gasteiger partial charge in [0.2, 0.25) is 0 Å². The van der Waals surface area contributed by atoms with Crippen LogP contribution in [0.3, 0.4) is 0 Å². The fourth-order valence-electron chi connectivity index (χ4n) is 4.07. The van der Waals surface area contributed by atoms with Crippen LogP contribution in [0, 0.1) is 0 Å². The predicted molar refractivity (Wildman–Crippen MR) is 105 cm³/mol. The highest BCUT2D eigenvalue weighted by Crippen LogP contribution is 2.38. The maximum atomic E-state index is 5.91. The van der Waals surface area contributed by atoms with Crippen molar-refractivity contribution < 1.29 is 0 Å². The number of anilines is 1. The zero-order valence-electron chi connectivity index (χ0n) is 15.0. The Kier molecular flexibility index (Phi) is 4.22. The van der Waals surface area contributed by atoms with Crippen LogP contribution in [0.1, 0.15) is 49.7 Å². The third-order valence-electron chi connectivity index (χ3n) is 5.32. The van der Waals surface area contributed by atoms with Gasteiger partial charge in [-0.25, -0.2) is 4.98 Å². The van der Waals surface area contributed by atoms with Gasteiger partial charge in [-0.2, -0.15) is 0 Å². The molecule has 0 radical (unpaired) electrons. The minimum Gasteiger partial charge on any atom is -0.384 e. The first-order valence-corrected chi connectivity index (χ1v) is 9.21. The molecule has 130 valence electrons. The van der Waals surface area contributed by atoms with Crippen LogP contribution in [-0.4, -0.2) is 23.1 Å². The fraction of sp³-hybridized carbons (Fsp3) is 0.381. The summed E-state index contributed by atoms with van der Waals surface area (Å²) in [6, 6.07) is 10.9. The van der Waals surface area contributed by atoms with Gasteiger partial charge in [-0.3, -0.25) is 0 Å². The Morgan fingerprint density at radius 3 is 2.64 bits per heavy atom. The van der Waals surface area contributed by atoms with E-state index in [1.165, 1.54) is 40.6 Å². The number of H-pyrrole nitrogens is 1. The van der Waals surface area contributed by atoms with Gasteiger partial charge in [0.15, 0.2) is 0 Å². The SMILES string of the molecule is CC(C)c1c(-c2ccnc(N)c2)[nH]c2ccc(C3CCNCC3)cc12. The molecule has 0 unspecified atom stereocenters. The molecule has 4 nitrogen and oxygen atoms in total. The van der Waals surface area contributed by atoms with Crippen LogP contribution in [-0.2, 0) is 0 Å². The number of hydrogen-bond acceptors (Lipinski definition) is 3. The Balaban J connectivity index is 1.85. The molecule has 1 aliphatic heterocycles. The van der Waals surface area contributed by atoms with E-state index in [1.54, 1.807) is 6.20 Å². The Labute approximate surface area is 148 Å². The number of piperidine rings is 1. The predicted octanol–water partition coefficient (Wildman–Crippen LogP) is 4.40. The summed E-state index contributed by atoms with van der Waals surface area (Å²) in [6.07, 6.45) is 4.22. The molecule has 0 amide bonds. The first-order valence-electron chi connectivity index (χ1n) is 9.21. The number of nitrogens with two attached hydrogens (primary N) is 1. The quantitative estimate of drug-likeness (QED) is 0.665. The number of benzene rings is 1. The monoisotopic (exact) mass is 334 g/mol. The summed E-state index contributed by atoms with van der Waals surface area (Å²) in [5, 5.41) is 4.80. The van der Waals surface area contributed by atoms with Crippen molar-refractivity contribution >= 4 is 16.7 Å². The number of fused-ring (bicyclic) bond motifs is 1. The van der Waals surface area contributed by atoms with E-state index >= 15 is 0 Å². The van der Waals surface area contributed by atoms with Gasteiger partial charge in [0.05, 0.1) is 5.69 Å². The second-order valence-corrected chi connectivity index (χ2v) is 7.37. The van der Waals surface area contributed by atoms with E-state index in [4.69, 9.17) is 5.73 Å². The minimum atomic E-state index is 0.432. The van der Waals surface area contributed by atoms with E-state index in [1.807, 2.05) is 12.1 Å². The van der Waals surface area contributed by atoms with E-state index < -0.39 is 0 Å². The summed E-state index contributed by atoms with van der Waals surface area (Å²) in [4.78, 5) is 7.75. The largest absolute Gasteiger partial charge is 0.384 e. The van der Waals surface area contributed by atoms with E-state index in [-0.39, 0.29) is 0 Å². The van der Waals surface area contributed by atoms with Gasteiger partial charge < -0.3 is 16.0 Å². The standard InChI is InChI=1S/C21H26N4/c1-13(2)20-17-11-15(14-5-8-23-9-6-14)3-4-18(17)25-21(20)16-7-10-24-19(22)12-16/h3-4,7,10-14,23,25H,5-6,8-9H2,1-2H3,(H2,22,24). The van der Waals surface area contributed by atoms with Gasteiger partial charge in [0.25, 0.3) is 0 Å². The lowest BCUT2D eigenvalue weighted by Gasteiger charge is -2.23. The van der Waals surface area contributed by atoms with Crippen LogP contribution in [0.5, 0.6) is 0 Å². The first-order chi connectivity index (χ1) is 12.1. The highest BCUT2D eigenvalue weighted by molar-refractivity contribution is 5.92. The molecule has 0 saturated carbocycles. The lowest BCUT2D eigenvalue weighted by molar-refractivity contribution is 0.460. The normalized spacial score (nSPS) is 16.0. The molecule has 1 aliphatic rings. The summed E-state index contributed by atoms with van der Waals surface area (Å²) in [5.41, 5.74) is 12.2. The Hall–Kier alpha value is -2.33. The average Bonchev–Trinajstić information content (AvgIpc) is 3.01. The highest BCUT2D eigenvalue weighted by Gasteiger charge is 2.20. The molecule has 4 N–H and O–H groups in total. The summed E-state index contributed by atoms with van der Waals surface area (Å²) in [5.74, 6) is 1.66. The molecule has 25 heavy (non-hydrogen) atoms. The molecular weight excluding hydrogens is 308 g/mol. The Morgan fingerprint density at radius 1 is 1.12 bits per heavy atom. The van der Waals surface area contributed by atoms with Crippen molar-refractivity contribution in [2.24, 2.45) is 0 Å². The van der Waals surface area contributed by atoms with Gasteiger partial charge in [0.1, 0.15) is 5.82 Å². The molecular formula is C21H26N4. The third-order valence-corrected chi connectivity index (χ3v) is 5.32. The van der Waals surface area contributed by atoms with E-state index in [0.717, 1.165) is 18.7 Å². The van der Waals surface area contributed by atoms with Crippen molar-refractivity contribution in [2.45, 2.75) is 38.5 Å². The van der Waals surface area contributed by atoms with Crippen molar-refractivity contribution in [3.8, 4) is 11.3 Å². The number of rotatable bonds is 3. The molecule has 3 aromatic rings. The van der Waals surface area contributed by atoms with Gasteiger partial charge in [-0.1, -0.05) is 19.9 Å². The molecule has 1 aromatic carbocycles. The van der Waals surface area contributed by atoms with Crippen molar-refractivity contribution in [1.29, 1.82) is 0 Å².